The Balaban J connectivity index is 1.95. The highest BCUT2D eigenvalue weighted by Crippen LogP contribution is 2.24. The zero-order valence-corrected chi connectivity index (χ0v) is 12.9. The molecule has 0 saturated carbocycles. The van der Waals surface area contributed by atoms with Gasteiger partial charge in [0.15, 0.2) is 5.58 Å². The van der Waals surface area contributed by atoms with Crippen LogP contribution in [0, 0.1) is 11.3 Å². The van der Waals surface area contributed by atoms with Gasteiger partial charge in [-0.3, -0.25) is 0 Å². The number of fused-ring (bicyclic) bond motifs is 1. The van der Waals surface area contributed by atoms with E-state index in [1.807, 2.05) is 6.07 Å². The second-order valence-electron chi connectivity index (χ2n) is 4.80. The second kappa shape index (κ2) is 6.44. The third-order valence-electron chi connectivity index (χ3n) is 3.23. The molecule has 0 bridgehead atoms. The van der Waals surface area contributed by atoms with Gasteiger partial charge in [-0.1, -0.05) is 23.7 Å². The minimum absolute atomic E-state index is 0.0930. The number of hydrogen-bond acceptors (Lipinski definition) is 5. The number of hydrogen-bond donors (Lipinski definition) is 2. The predicted molar refractivity (Wildman–Crippen MR) is 89.6 cm³/mol. The summed E-state index contributed by atoms with van der Waals surface area (Å²) in [5.41, 5.74) is 1.61. The maximum atomic E-state index is 11.2. The third-order valence-corrected chi connectivity index (χ3v) is 3.47. The Morgan fingerprint density at radius 2 is 2.12 bits per heavy atom. The van der Waals surface area contributed by atoms with Crippen LogP contribution in [0.2, 0.25) is 5.02 Å². The SMILES string of the molecule is N#C/C(=C/Nc1ccccc1C(=O)O)c1nc2cc(Cl)ccc2o1. The molecule has 0 aliphatic carbocycles. The second-order valence-corrected chi connectivity index (χ2v) is 5.23. The monoisotopic (exact) mass is 339 g/mol. The van der Waals surface area contributed by atoms with Crippen molar-refractivity contribution >= 4 is 39.9 Å². The number of halogens is 1. The van der Waals surface area contributed by atoms with Crippen molar-refractivity contribution in [2.24, 2.45) is 0 Å². The van der Waals surface area contributed by atoms with Crippen LogP contribution in [0.5, 0.6) is 0 Å². The van der Waals surface area contributed by atoms with Crippen molar-refractivity contribution in [1.29, 1.82) is 5.26 Å². The minimum atomic E-state index is -1.07. The van der Waals surface area contributed by atoms with Crippen molar-refractivity contribution in [2.45, 2.75) is 0 Å². The molecule has 0 radical (unpaired) electrons. The molecule has 0 saturated heterocycles. The molecular weight excluding hydrogens is 330 g/mol. The lowest BCUT2D eigenvalue weighted by molar-refractivity contribution is 0.0698. The smallest absolute Gasteiger partial charge is 0.337 e. The average molecular weight is 340 g/mol. The Labute approximate surface area is 141 Å². The third kappa shape index (κ3) is 3.07. The van der Waals surface area contributed by atoms with Crippen LogP contribution < -0.4 is 5.32 Å². The molecule has 0 fully saturated rings. The molecule has 6 nitrogen and oxygen atoms in total. The summed E-state index contributed by atoms with van der Waals surface area (Å²) in [6, 6.07) is 13.3. The minimum Gasteiger partial charge on any atom is -0.478 e. The van der Waals surface area contributed by atoms with Gasteiger partial charge in [0.2, 0.25) is 5.89 Å². The van der Waals surface area contributed by atoms with Crippen molar-refractivity contribution in [2.75, 3.05) is 5.32 Å². The van der Waals surface area contributed by atoms with Crippen molar-refractivity contribution < 1.29 is 14.3 Å². The normalized spacial score (nSPS) is 11.2. The zero-order valence-electron chi connectivity index (χ0n) is 12.2. The maximum absolute atomic E-state index is 11.2. The molecule has 0 aliphatic heterocycles. The van der Waals surface area contributed by atoms with Crippen LogP contribution in [-0.2, 0) is 0 Å². The summed E-state index contributed by atoms with van der Waals surface area (Å²) in [6.45, 7) is 0. The fourth-order valence-corrected chi connectivity index (χ4v) is 2.27. The first-order valence-electron chi connectivity index (χ1n) is 6.84. The highest BCUT2D eigenvalue weighted by molar-refractivity contribution is 6.31. The highest BCUT2D eigenvalue weighted by Gasteiger charge is 2.12. The van der Waals surface area contributed by atoms with E-state index in [1.54, 1.807) is 36.4 Å². The van der Waals surface area contributed by atoms with E-state index in [-0.39, 0.29) is 17.0 Å². The average Bonchev–Trinajstić information content (AvgIpc) is 2.98. The standard InChI is InChI=1S/C17H10ClN3O3/c18-11-5-6-15-14(7-11)21-16(24-15)10(8-19)9-20-13-4-2-1-3-12(13)17(22)23/h1-7,9,20H,(H,22,23)/b10-9-. The lowest BCUT2D eigenvalue weighted by Gasteiger charge is -2.05. The quantitative estimate of drug-likeness (QED) is 0.692. The van der Waals surface area contributed by atoms with Crippen molar-refractivity contribution in [3.8, 4) is 6.07 Å². The number of nitrogens with zero attached hydrogens (tertiary/aromatic N) is 2. The number of anilines is 1. The Bertz CT molecular complexity index is 1000. The first-order chi connectivity index (χ1) is 11.6. The van der Waals surface area contributed by atoms with E-state index in [9.17, 15) is 10.1 Å². The number of benzene rings is 2. The first-order valence-corrected chi connectivity index (χ1v) is 7.22. The lowest BCUT2D eigenvalue weighted by atomic mass is 10.2. The van der Waals surface area contributed by atoms with Crippen molar-refractivity contribution in [3.63, 3.8) is 0 Å². The van der Waals surface area contributed by atoms with Gasteiger partial charge in [-0.15, -0.1) is 0 Å². The van der Waals surface area contributed by atoms with Crippen LogP contribution in [0.3, 0.4) is 0 Å². The number of carboxylic acid groups (broad SMARTS) is 1. The molecular formula is C17H10ClN3O3. The lowest BCUT2D eigenvalue weighted by Crippen LogP contribution is -2.02. The first kappa shape index (κ1) is 15.6. The molecule has 3 aromatic rings. The van der Waals surface area contributed by atoms with Crippen LogP contribution in [-0.4, -0.2) is 16.1 Å². The Morgan fingerprint density at radius 1 is 1.33 bits per heavy atom. The summed E-state index contributed by atoms with van der Waals surface area (Å²) in [6.07, 6.45) is 1.36. The number of carboxylic acids is 1. The molecule has 3 rings (SSSR count). The molecule has 0 spiro atoms. The van der Waals surface area contributed by atoms with Crippen LogP contribution in [0.25, 0.3) is 16.7 Å². The topological polar surface area (TPSA) is 99.2 Å². The number of rotatable bonds is 4. The van der Waals surface area contributed by atoms with Gasteiger partial charge in [0.1, 0.15) is 17.2 Å². The van der Waals surface area contributed by atoms with Gasteiger partial charge in [-0.25, -0.2) is 9.78 Å². The number of oxazole rings is 1. The fraction of sp³-hybridized carbons (Fsp3) is 0. The predicted octanol–water partition coefficient (Wildman–Crippen LogP) is 4.16. The van der Waals surface area contributed by atoms with E-state index < -0.39 is 5.97 Å². The van der Waals surface area contributed by atoms with Crippen molar-refractivity contribution in [1.82, 2.24) is 4.98 Å². The van der Waals surface area contributed by atoms with Gasteiger partial charge in [0.25, 0.3) is 0 Å². The van der Waals surface area contributed by atoms with Crippen LogP contribution in [0.4, 0.5) is 5.69 Å². The summed E-state index contributed by atoms with van der Waals surface area (Å²) < 4.78 is 5.53. The number of nitriles is 1. The highest BCUT2D eigenvalue weighted by atomic mass is 35.5. The molecule has 1 aromatic heterocycles. The largest absolute Gasteiger partial charge is 0.478 e. The molecule has 0 aliphatic rings. The summed E-state index contributed by atoms with van der Waals surface area (Å²) in [5.74, 6) is -0.948. The van der Waals surface area contributed by atoms with Gasteiger partial charge < -0.3 is 14.8 Å². The molecule has 2 N–H and O–H groups in total. The van der Waals surface area contributed by atoms with Gasteiger partial charge >= 0.3 is 5.97 Å². The molecule has 24 heavy (non-hydrogen) atoms. The van der Waals surface area contributed by atoms with E-state index in [1.165, 1.54) is 12.3 Å². The van der Waals surface area contributed by atoms with E-state index in [2.05, 4.69) is 10.3 Å². The van der Waals surface area contributed by atoms with Gasteiger partial charge in [0.05, 0.1) is 11.3 Å². The summed E-state index contributed by atoms with van der Waals surface area (Å²) in [4.78, 5) is 15.4. The number of allylic oxidation sites excluding steroid dienone is 1. The maximum Gasteiger partial charge on any atom is 0.337 e. The van der Waals surface area contributed by atoms with Crippen LogP contribution >= 0.6 is 11.6 Å². The summed E-state index contributed by atoms with van der Waals surface area (Å²) in [5, 5.41) is 21.8. The molecule has 1 heterocycles. The van der Waals surface area contributed by atoms with Crippen LogP contribution in [0.1, 0.15) is 16.2 Å². The van der Waals surface area contributed by atoms with Crippen LogP contribution in [0.15, 0.2) is 53.1 Å². The number of aromatic nitrogens is 1. The van der Waals surface area contributed by atoms with Gasteiger partial charge in [0, 0.05) is 11.2 Å². The summed E-state index contributed by atoms with van der Waals surface area (Å²) >= 11 is 5.90. The number of carbonyl (C=O) groups is 1. The number of nitrogens with one attached hydrogen (secondary N) is 1. The zero-order chi connectivity index (χ0) is 17.1. The molecule has 7 heteroatoms. The van der Waals surface area contributed by atoms with E-state index in [4.69, 9.17) is 21.1 Å². The fourth-order valence-electron chi connectivity index (χ4n) is 2.10. The van der Waals surface area contributed by atoms with Gasteiger partial charge in [-0.2, -0.15) is 5.26 Å². The molecule has 0 atom stereocenters. The van der Waals surface area contributed by atoms with E-state index in [0.29, 0.717) is 21.8 Å². The van der Waals surface area contributed by atoms with Crippen molar-refractivity contribution in [3.05, 3.63) is 65.1 Å². The molecule has 118 valence electrons. The number of aromatic carboxylic acids is 1. The van der Waals surface area contributed by atoms with E-state index >= 15 is 0 Å². The van der Waals surface area contributed by atoms with E-state index in [0.717, 1.165) is 0 Å². The Kier molecular flexibility index (Phi) is 4.18. The Morgan fingerprint density at radius 3 is 2.88 bits per heavy atom. The summed E-state index contributed by atoms with van der Waals surface area (Å²) in [7, 11) is 0. The Hall–Kier alpha value is -3.30. The molecule has 2 aromatic carbocycles. The molecule has 0 amide bonds. The van der Waals surface area contributed by atoms with Gasteiger partial charge in [-0.05, 0) is 30.3 Å². The molecule has 0 unspecified atom stereocenters. The number of para-hydroxylation sites is 1.